The molecule has 0 aromatic carbocycles. The number of aromatic nitrogens is 3. The lowest BCUT2D eigenvalue weighted by molar-refractivity contribution is -0.131. The summed E-state index contributed by atoms with van der Waals surface area (Å²) in [7, 11) is 3.48. The lowest BCUT2D eigenvalue weighted by atomic mass is 10.00. The molecule has 7 nitrogen and oxygen atoms in total. The van der Waals surface area contributed by atoms with Gasteiger partial charge in [0.15, 0.2) is 5.65 Å². The van der Waals surface area contributed by atoms with E-state index in [0.29, 0.717) is 31.2 Å². The highest BCUT2D eigenvalue weighted by Gasteiger charge is 2.31. The average molecular weight is 432 g/mol. The van der Waals surface area contributed by atoms with Gasteiger partial charge in [-0.15, -0.1) is 29.9 Å². The number of hydrogen-bond acceptors (Lipinski definition) is 5. The number of rotatable bonds is 5. The molecule has 0 radical (unpaired) electrons. The van der Waals surface area contributed by atoms with Crippen LogP contribution in [0.25, 0.3) is 11.0 Å². The Morgan fingerprint density at radius 1 is 1.32 bits per heavy atom. The van der Waals surface area contributed by atoms with E-state index in [9.17, 15) is 4.79 Å². The Bertz CT molecular complexity index is 840. The van der Waals surface area contributed by atoms with Crippen LogP contribution in [0.5, 0.6) is 5.88 Å². The highest BCUT2D eigenvalue weighted by atomic mass is 35.5. The summed E-state index contributed by atoms with van der Waals surface area (Å²) in [6.45, 7) is 7.59. The maximum absolute atomic E-state index is 12.7. The van der Waals surface area contributed by atoms with Gasteiger partial charge in [-0.2, -0.15) is 0 Å². The van der Waals surface area contributed by atoms with Crippen LogP contribution in [-0.4, -0.2) is 51.8 Å². The van der Waals surface area contributed by atoms with Crippen LogP contribution < -0.4 is 10.5 Å². The quantitative estimate of drug-likeness (QED) is 0.785. The summed E-state index contributed by atoms with van der Waals surface area (Å²) in [6.07, 6.45) is 2.16. The van der Waals surface area contributed by atoms with Crippen LogP contribution in [0.4, 0.5) is 0 Å². The van der Waals surface area contributed by atoms with E-state index in [1.54, 1.807) is 11.8 Å². The van der Waals surface area contributed by atoms with Crippen LogP contribution in [0.1, 0.15) is 36.6 Å². The second-order valence-corrected chi connectivity index (χ2v) is 7.36. The molecule has 1 saturated heterocycles. The van der Waals surface area contributed by atoms with Crippen LogP contribution in [0.3, 0.4) is 0 Å². The van der Waals surface area contributed by atoms with E-state index in [2.05, 4.69) is 18.9 Å². The zero-order valence-corrected chi connectivity index (χ0v) is 18.8. The molecule has 28 heavy (non-hydrogen) atoms. The van der Waals surface area contributed by atoms with Gasteiger partial charge in [0.2, 0.25) is 11.8 Å². The summed E-state index contributed by atoms with van der Waals surface area (Å²) in [5.74, 6) is 1.21. The highest BCUT2D eigenvalue weighted by molar-refractivity contribution is 5.86. The van der Waals surface area contributed by atoms with Crippen molar-refractivity contribution in [3.63, 3.8) is 0 Å². The third kappa shape index (κ3) is 4.36. The third-order valence-electron chi connectivity index (χ3n) is 5.62. The molecule has 2 N–H and O–H groups in total. The van der Waals surface area contributed by atoms with Crippen molar-refractivity contribution in [1.29, 1.82) is 0 Å². The van der Waals surface area contributed by atoms with Gasteiger partial charge in [-0.1, -0.05) is 0 Å². The van der Waals surface area contributed by atoms with Gasteiger partial charge < -0.3 is 15.4 Å². The minimum absolute atomic E-state index is 0. The number of carbonyl (C=O) groups excluding carboxylic acids is 1. The molecule has 0 spiro atoms. The summed E-state index contributed by atoms with van der Waals surface area (Å²) in [5.41, 5.74) is 9.74. The van der Waals surface area contributed by atoms with Crippen molar-refractivity contribution in [3.05, 3.63) is 16.8 Å². The SMILES string of the molecule is COc1nn(C)c2nc(C)c(CCC(=O)N3CC(CN)CC3C)c(C)c12.Cl.Cl. The Kier molecular flexibility index (Phi) is 8.53. The maximum Gasteiger partial charge on any atom is 0.242 e. The molecule has 158 valence electrons. The predicted octanol–water partition coefficient (Wildman–Crippen LogP) is 2.57. The van der Waals surface area contributed by atoms with Crippen LogP contribution in [-0.2, 0) is 18.3 Å². The number of carbonyl (C=O) groups is 1. The first-order valence-electron chi connectivity index (χ1n) is 9.23. The van der Waals surface area contributed by atoms with Crippen LogP contribution in [0.15, 0.2) is 0 Å². The van der Waals surface area contributed by atoms with E-state index in [4.69, 9.17) is 15.5 Å². The molecule has 2 aromatic heterocycles. The number of methoxy groups -OCH3 is 1. The third-order valence-corrected chi connectivity index (χ3v) is 5.62. The monoisotopic (exact) mass is 431 g/mol. The maximum atomic E-state index is 12.7. The van der Waals surface area contributed by atoms with Gasteiger partial charge in [0.25, 0.3) is 0 Å². The zero-order valence-electron chi connectivity index (χ0n) is 17.2. The number of amides is 1. The summed E-state index contributed by atoms with van der Waals surface area (Å²) >= 11 is 0. The molecule has 9 heteroatoms. The second-order valence-electron chi connectivity index (χ2n) is 7.36. The fraction of sp³-hybridized carbons (Fsp3) is 0.632. The van der Waals surface area contributed by atoms with Gasteiger partial charge >= 0.3 is 0 Å². The van der Waals surface area contributed by atoms with Crippen molar-refractivity contribution >= 4 is 41.8 Å². The summed E-state index contributed by atoms with van der Waals surface area (Å²) in [6, 6.07) is 0.275. The van der Waals surface area contributed by atoms with Gasteiger partial charge in [-0.05, 0) is 57.2 Å². The average Bonchev–Trinajstić information content (AvgIpc) is 3.14. The number of aryl methyl sites for hydroxylation is 3. The van der Waals surface area contributed by atoms with Crippen LogP contribution in [0, 0.1) is 19.8 Å². The first-order valence-corrected chi connectivity index (χ1v) is 9.23. The first-order chi connectivity index (χ1) is 12.4. The summed E-state index contributed by atoms with van der Waals surface area (Å²) in [5, 5.41) is 5.31. The van der Waals surface area contributed by atoms with Crippen molar-refractivity contribution in [3.8, 4) is 5.88 Å². The van der Waals surface area contributed by atoms with Crippen molar-refractivity contribution in [1.82, 2.24) is 19.7 Å². The lowest BCUT2D eigenvalue weighted by Gasteiger charge is -2.22. The Morgan fingerprint density at radius 3 is 2.57 bits per heavy atom. The molecule has 1 aliphatic rings. The fourth-order valence-electron chi connectivity index (χ4n) is 4.14. The van der Waals surface area contributed by atoms with Gasteiger partial charge in [0.1, 0.15) is 0 Å². The van der Waals surface area contributed by atoms with Crippen LogP contribution in [0.2, 0.25) is 0 Å². The van der Waals surface area contributed by atoms with E-state index in [0.717, 1.165) is 40.8 Å². The van der Waals surface area contributed by atoms with E-state index < -0.39 is 0 Å². The van der Waals surface area contributed by atoms with Crippen molar-refractivity contribution in [2.24, 2.45) is 18.7 Å². The highest BCUT2D eigenvalue weighted by Crippen LogP contribution is 2.31. The van der Waals surface area contributed by atoms with Crippen molar-refractivity contribution in [2.75, 3.05) is 20.2 Å². The van der Waals surface area contributed by atoms with E-state index in [1.165, 1.54) is 0 Å². The van der Waals surface area contributed by atoms with E-state index in [-0.39, 0.29) is 36.8 Å². The van der Waals surface area contributed by atoms with Gasteiger partial charge in [-0.3, -0.25) is 4.79 Å². The number of nitrogens with two attached hydrogens (primary N) is 1. The van der Waals surface area contributed by atoms with Gasteiger partial charge in [0, 0.05) is 31.7 Å². The Morgan fingerprint density at radius 2 is 2.00 bits per heavy atom. The lowest BCUT2D eigenvalue weighted by Crippen LogP contribution is -2.34. The molecule has 1 aliphatic heterocycles. The number of ether oxygens (including phenoxy) is 1. The largest absolute Gasteiger partial charge is 0.479 e. The minimum Gasteiger partial charge on any atom is -0.479 e. The molecule has 2 atom stereocenters. The molecule has 0 bridgehead atoms. The Balaban J connectivity index is 0.00000196. The number of pyridine rings is 1. The van der Waals surface area contributed by atoms with E-state index in [1.807, 2.05) is 18.9 Å². The van der Waals surface area contributed by atoms with Crippen molar-refractivity contribution in [2.45, 2.75) is 46.1 Å². The number of halogens is 2. The fourth-order valence-corrected chi connectivity index (χ4v) is 4.14. The molecule has 1 amide bonds. The molecule has 0 aliphatic carbocycles. The van der Waals surface area contributed by atoms with Crippen molar-refractivity contribution < 1.29 is 9.53 Å². The number of nitrogens with zero attached hydrogens (tertiary/aromatic N) is 4. The molecule has 3 heterocycles. The Hall–Kier alpha value is -1.57. The standard InChI is InChI=1S/C19H29N5O2.2ClH/c1-11-8-14(9-20)10-24(11)16(25)7-6-15-12(2)17-18(21-13(15)3)23(4)22-19(17)26-5;;/h11,14H,6-10,20H2,1-5H3;2*1H. The second kappa shape index (κ2) is 9.76. The van der Waals surface area contributed by atoms with E-state index >= 15 is 0 Å². The minimum atomic E-state index is 0. The predicted molar refractivity (Wildman–Crippen MR) is 116 cm³/mol. The van der Waals surface area contributed by atoms with Gasteiger partial charge in [-0.25, -0.2) is 9.67 Å². The van der Waals surface area contributed by atoms with Crippen LogP contribution >= 0.6 is 24.8 Å². The summed E-state index contributed by atoms with van der Waals surface area (Å²) in [4.78, 5) is 19.4. The zero-order chi connectivity index (χ0) is 19.0. The number of fused-ring (bicyclic) bond motifs is 1. The topological polar surface area (TPSA) is 86.3 Å². The molecule has 2 aromatic rings. The molecular weight excluding hydrogens is 401 g/mol. The molecule has 1 fully saturated rings. The molecule has 3 rings (SSSR count). The molecular formula is C19H31Cl2N5O2. The Labute approximate surface area is 178 Å². The van der Waals surface area contributed by atoms with Gasteiger partial charge in [0.05, 0.1) is 12.5 Å². The smallest absolute Gasteiger partial charge is 0.242 e. The molecule has 2 unspecified atom stereocenters. The summed E-state index contributed by atoms with van der Waals surface area (Å²) < 4.78 is 7.15. The normalized spacial score (nSPS) is 18.7. The first kappa shape index (κ1) is 24.5. The number of likely N-dealkylation sites (tertiary alicyclic amines) is 1. The molecule has 0 saturated carbocycles. The number of hydrogen-bond donors (Lipinski definition) is 1.